The third kappa shape index (κ3) is 2.73. The van der Waals surface area contributed by atoms with E-state index < -0.39 is 5.60 Å². The molecule has 1 heterocycles. The Morgan fingerprint density at radius 1 is 1.47 bits per heavy atom. The fraction of sp³-hybridized carbons (Fsp3) is 0.533. The average Bonchev–Trinajstić information content (AvgIpc) is 2.72. The summed E-state index contributed by atoms with van der Waals surface area (Å²) in [5.74, 6) is 0.0915. The van der Waals surface area contributed by atoms with Gasteiger partial charge in [-0.15, -0.1) is 0 Å². The van der Waals surface area contributed by atoms with Gasteiger partial charge in [-0.2, -0.15) is 0 Å². The standard InChI is InChI=1S/C15H22N2O2/c1-10-7-11-5-6-17(13(11)8-12(10)16)14(18)9-15(2,3)19-4/h7-8H,5-6,9,16H2,1-4H3. The zero-order valence-corrected chi connectivity index (χ0v) is 12.1. The van der Waals surface area contributed by atoms with Gasteiger partial charge in [-0.25, -0.2) is 0 Å². The number of nitrogens with two attached hydrogens (primary N) is 1. The highest BCUT2D eigenvalue weighted by molar-refractivity contribution is 5.96. The fourth-order valence-electron chi connectivity index (χ4n) is 2.37. The Balaban J connectivity index is 2.23. The molecule has 0 aliphatic carbocycles. The molecule has 19 heavy (non-hydrogen) atoms. The van der Waals surface area contributed by atoms with Crippen molar-refractivity contribution in [2.75, 3.05) is 24.3 Å². The maximum Gasteiger partial charge on any atom is 0.229 e. The van der Waals surface area contributed by atoms with Crippen molar-refractivity contribution >= 4 is 17.3 Å². The number of nitrogen functional groups attached to an aromatic ring is 1. The SMILES string of the molecule is COC(C)(C)CC(=O)N1CCc2cc(C)c(N)cc21. The molecule has 0 unspecified atom stereocenters. The van der Waals surface area contributed by atoms with Crippen LogP contribution in [-0.4, -0.2) is 25.2 Å². The van der Waals surface area contributed by atoms with E-state index in [-0.39, 0.29) is 5.91 Å². The zero-order chi connectivity index (χ0) is 14.2. The topological polar surface area (TPSA) is 55.6 Å². The molecule has 4 nitrogen and oxygen atoms in total. The van der Waals surface area contributed by atoms with Crippen LogP contribution in [0.15, 0.2) is 12.1 Å². The maximum atomic E-state index is 12.4. The van der Waals surface area contributed by atoms with Crippen LogP contribution in [0.25, 0.3) is 0 Å². The van der Waals surface area contributed by atoms with Gasteiger partial charge in [-0.3, -0.25) is 4.79 Å². The molecule has 2 N–H and O–H groups in total. The lowest BCUT2D eigenvalue weighted by atomic mass is 10.0. The number of hydrogen-bond donors (Lipinski definition) is 1. The predicted molar refractivity (Wildman–Crippen MR) is 77.4 cm³/mol. The summed E-state index contributed by atoms with van der Waals surface area (Å²) >= 11 is 0. The fourth-order valence-corrected chi connectivity index (χ4v) is 2.37. The van der Waals surface area contributed by atoms with Crippen molar-refractivity contribution in [3.8, 4) is 0 Å². The lowest BCUT2D eigenvalue weighted by Gasteiger charge is -2.26. The van der Waals surface area contributed by atoms with E-state index in [0.717, 1.165) is 29.9 Å². The van der Waals surface area contributed by atoms with E-state index in [9.17, 15) is 4.79 Å². The highest BCUT2D eigenvalue weighted by atomic mass is 16.5. The van der Waals surface area contributed by atoms with Gasteiger partial charge >= 0.3 is 0 Å². The Kier molecular flexibility index (Phi) is 3.54. The first-order chi connectivity index (χ1) is 8.84. The van der Waals surface area contributed by atoms with Crippen LogP contribution in [0.5, 0.6) is 0 Å². The van der Waals surface area contributed by atoms with Crippen LogP contribution in [-0.2, 0) is 16.0 Å². The van der Waals surface area contributed by atoms with E-state index >= 15 is 0 Å². The Bertz CT molecular complexity index is 509. The first-order valence-electron chi connectivity index (χ1n) is 6.58. The van der Waals surface area contributed by atoms with Crippen molar-refractivity contribution < 1.29 is 9.53 Å². The Hall–Kier alpha value is -1.55. The molecule has 1 amide bonds. The number of anilines is 2. The number of amides is 1. The van der Waals surface area contributed by atoms with Gasteiger partial charge in [-0.1, -0.05) is 6.07 Å². The van der Waals surface area contributed by atoms with Gasteiger partial charge in [0.1, 0.15) is 0 Å². The van der Waals surface area contributed by atoms with Crippen LogP contribution in [0.1, 0.15) is 31.4 Å². The number of rotatable bonds is 3. The molecule has 0 saturated heterocycles. The summed E-state index contributed by atoms with van der Waals surface area (Å²) in [5.41, 5.74) is 9.49. The number of carbonyl (C=O) groups excluding carboxylic acids is 1. The van der Waals surface area contributed by atoms with Crippen LogP contribution in [0.2, 0.25) is 0 Å². The van der Waals surface area contributed by atoms with Crippen molar-refractivity contribution in [2.45, 2.75) is 39.2 Å². The lowest BCUT2D eigenvalue weighted by Crippen LogP contribution is -2.36. The first kappa shape index (κ1) is 13.9. The monoisotopic (exact) mass is 262 g/mol. The predicted octanol–water partition coefficient (Wildman–Crippen LogP) is 2.28. The second-order valence-electron chi connectivity index (χ2n) is 5.77. The van der Waals surface area contributed by atoms with E-state index in [1.165, 1.54) is 5.56 Å². The summed E-state index contributed by atoms with van der Waals surface area (Å²) < 4.78 is 5.33. The molecule has 1 aliphatic heterocycles. The Morgan fingerprint density at radius 3 is 2.79 bits per heavy atom. The van der Waals surface area contributed by atoms with Crippen LogP contribution >= 0.6 is 0 Å². The van der Waals surface area contributed by atoms with E-state index in [0.29, 0.717) is 6.42 Å². The molecule has 1 aromatic rings. The highest BCUT2D eigenvalue weighted by Crippen LogP contribution is 2.33. The summed E-state index contributed by atoms with van der Waals surface area (Å²) in [6.45, 7) is 6.57. The molecule has 1 aromatic carbocycles. The quantitative estimate of drug-likeness (QED) is 0.850. The summed E-state index contributed by atoms with van der Waals surface area (Å²) in [5, 5.41) is 0. The van der Waals surface area contributed by atoms with E-state index in [1.807, 2.05) is 31.7 Å². The Morgan fingerprint density at radius 2 is 2.16 bits per heavy atom. The van der Waals surface area contributed by atoms with Crippen molar-refractivity contribution in [3.63, 3.8) is 0 Å². The second kappa shape index (κ2) is 4.85. The molecule has 0 bridgehead atoms. The summed E-state index contributed by atoms with van der Waals surface area (Å²) in [6, 6.07) is 3.99. The maximum absolute atomic E-state index is 12.4. The molecule has 4 heteroatoms. The minimum absolute atomic E-state index is 0.0915. The zero-order valence-electron chi connectivity index (χ0n) is 12.1. The molecule has 2 rings (SSSR count). The number of hydrogen-bond acceptors (Lipinski definition) is 3. The van der Waals surface area contributed by atoms with E-state index in [4.69, 9.17) is 10.5 Å². The summed E-state index contributed by atoms with van der Waals surface area (Å²) in [7, 11) is 1.63. The lowest BCUT2D eigenvalue weighted by molar-refractivity contribution is -0.123. The van der Waals surface area contributed by atoms with Crippen molar-refractivity contribution in [2.24, 2.45) is 0 Å². The molecular weight excluding hydrogens is 240 g/mol. The van der Waals surface area contributed by atoms with Gasteiger partial charge in [0.2, 0.25) is 5.91 Å². The van der Waals surface area contributed by atoms with Crippen LogP contribution in [0, 0.1) is 6.92 Å². The van der Waals surface area contributed by atoms with Crippen molar-refractivity contribution in [1.82, 2.24) is 0 Å². The number of benzene rings is 1. The van der Waals surface area contributed by atoms with Crippen molar-refractivity contribution in [3.05, 3.63) is 23.3 Å². The number of methoxy groups -OCH3 is 1. The number of fused-ring (bicyclic) bond motifs is 1. The minimum Gasteiger partial charge on any atom is -0.398 e. The number of aryl methyl sites for hydroxylation is 1. The Labute approximate surface area is 114 Å². The molecule has 104 valence electrons. The van der Waals surface area contributed by atoms with Gasteiger partial charge in [0, 0.05) is 25.0 Å². The van der Waals surface area contributed by atoms with Crippen LogP contribution < -0.4 is 10.6 Å². The molecule has 1 aliphatic rings. The minimum atomic E-state index is -0.434. The molecule has 0 spiro atoms. The first-order valence-corrected chi connectivity index (χ1v) is 6.58. The molecule has 0 radical (unpaired) electrons. The smallest absolute Gasteiger partial charge is 0.229 e. The van der Waals surface area contributed by atoms with Gasteiger partial charge in [0.25, 0.3) is 0 Å². The molecule has 0 atom stereocenters. The largest absolute Gasteiger partial charge is 0.398 e. The van der Waals surface area contributed by atoms with Crippen LogP contribution in [0.3, 0.4) is 0 Å². The third-order valence-electron chi connectivity index (χ3n) is 3.79. The third-order valence-corrected chi connectivity index (χ3v) is 3.79. The average molecular weight is 262 g/mol. The van der Waals surface area contributed by atoms with Gasteiger partial charge < -0.3 is 15.4 Å². The molecule has 0 saturated carbocycles. The van der Waals surface area contributed by atoms with Gasteiger partial charge in [0.15, 0.2) is 0 Å². The normalized spacial score (nSPS) is 14.6. The number of carbonyl (C=O) groups is 1. The van der Waals surface area contributed by atoms with E-state index in [1.54, 1.807) is 7.11 Å². The number of nitrogens with zero attached hydrogens (tertiary/aromatic N) is 1. The molecule has 0 fully saturated rings. The van der Waals surface area contributed by atoms with Crippen molar-refractivity contribution in [1.29, 1.82) is 0 Å². The van der Waals surface area contributed by atoms with Gasteiger partial charge in [-0.05, 0) is 44.4 Å². The van der Waals surface area contributed by atoms with E-state index in [2.05, 4.69) is 6.07 Å². The molecular formula is C15H22N2O2. The van der Waals surface area contributed by atoms with Gasteiger partial charge in [0.05, 0.1) is 12.0 Å². The van der Waals surface area contributed by atoms with Crippen LogP contribution in [0.4, 0.5) is 11.4 Å². The summed E-state index contributed by atoms with van der Waals surface area (Å²) in [4.78, 5) is 14.2. The molecule has 0 aromatic heterocycles. The number of ether oxygens (including phenoxy) is 1. The summed E-state index contributed by atoms with van der Waals surface area (Å²) in [6.07, 6.45) is 1.27. The highest BCUT2D eigenvalue weighted by Gasteiger charge is 2.29. The second-order valence-corrected chi connectivity index (χ2v) is 5.77.